The van der Waals surface area contributed by atoms with Crippen LogP contribution in [0.15, 0.2) is 115 Å². The molecule has 0 aliphatic carbocycles. The molecule has 2 nitrogen and oxygen atoms in total. The van der Waals surface area contributed by atoms with E-state index in [-0.39, 0.29) is 5.60 Å². The maximum atomic E-state index is 6.10. The molecule has 0 aliphatic heterocycles. The van der Waals surface area contributed by atoms with Crippen LogP contribution in [0.25, 0.3) is 54.1 Å². The number of rotatable bonds is 11. The fourth-order valence-electron chi connectivity index (χ4n) is 9.04. The molecule has 6 heteroatoms. The standard InChI is InChI=1S/C48H51NOSi.2ClH.Zr/c1-33-27-28-43-42(31-33)44-45(49(43)32-35-20-10-9-19-34(35)2)38-23-13-16-26-41(38)47(44)51(6,30-18-8-7-17-29-50-48(3,4)5)46-39-24-14-11-21-36(39)37-22-12-15-25-40(37)46;;;/h9-16,19-28,31H,7-8,17-18,29-30,32H2,1-6H3;2*1H;/q-2;;;+4/p-2. The van der Waals surface area contributed by atoms with Gasteiger partial charge in [-0.1, -0.05) is 145 Å². The monoisotopic (exact) mass is 845 g/mol. The van der Waals surface area contributed by atoms with Gasteiger partial charge in [-0.2, -0.15) is 0 Å². The van der Waals surface area contributed by atoms with E-state index in [0.29, 0.717) is 0 Å². The van der Waals surface area contributed by atoms with Crippen LogP contribution in [0.1, 0.15) is 63.1 Å². The van der Waals surface area contributed by atoms with Gasteiger partial charge < -0.3 is 9.30 Å². The van der Waals surface area contributed by atoms with Gasteiger partial charge in [0.2, 0.25) is 0 Å². The summed E-state index contributed by atoms with van der Waals surface area (Å²) in [7, 11) is 7.45. The first-order valence-electron chi connectivity index (χ1n) is 19.4. The van der Waals surface area contributed by atoms with Crippen molar-refractivity contribution in [2.24, 2.45) is 0 Å². The third-order valence-corrected chi connectivity index (χ3v) is 16.0. The second-order valence-corrected chi connectivity index (χ2v) is 24.1. The number of fused-ring (bicyclic) bond motifs is 8. The Balaban J connectivity index is 0.00000145. The van der Waals surface area contributed by atoms with Crippen LogP contribution in [0.3, 0.4) is 0 Å². The minimum absolute atomic E-state index is 0.0770. The summed E-state index contributed by atoms with van der Waals surface area (Å²) in [6, 6.07) is 45.1. The van der Waals surface area contributed by atoms with E-state index < -0.39 is 28.9 Å². The molecule has 8 rings (SSSR count). The number of halogens is 2. The molecule has 0 saturated carbocycles. The summed E-state index contributed by atoms with van der Waals surface area (Å²) in [4.78, 5) is 0. The fourth-order valence-corrected chi connectivity index (χ4v) is 14.0. The molecule has 1 atom stereocenters. The van der Waals surface area contributed by atoms with Gasteiger partial charge in [0.25, 0.3) is 0 Å². The molecule has 1 heterocycles. The summed E-state index contributed by atoms with van der Waals surface area (Å²) in [5.41, 5.74) is 6.71. The van der Waals surface area contributed by atoms with E-state index in [9.17, 15) is 0 Å². The number of aromatic nitrogens is 1. The predicted molar refractivity (Wildman–Crippen MR) is 236 cm³/mol. The molecule has 8 aromatic rings. The zero-order chi connectivity index (χ0) is 38.0. The number of aryl methyl sites for hydroxylation is 2. The van der Waals surface area contributed by atoms with Crippen molar-refractivity contribution in [3.8, 4) is 0 Å². The van der Waals surface area contributed by atoms with Crippen LogP contribution in [0.5, 0.6) is 0 Å². The SMILES string of the molecule is Cc1ccc2c(c1)c1c(c3ccccc3[c-]1[Si](C)(CCCCCCOC(C)(C)C)[c-]1c3ccccc3c3ccccc31)n2Cc1ccccc1C.[Cl][Zr+2][Cl]. The average Bonchev–Trinajstić information content (AvgIpc) is 3.78. The number of ether oxygens (including phenoxy) is 1. The first-order chi connectivity index (χ1) is 26.1. The summed E-state index contributed by atoms with van der Waals surface area (Å²) in [6.07, 6.45) is 4.76. The quantitative estimate of drug-likeness (QED) is 0.0719. The number of nitrogens with zero attached hydrogens (tertiary/aromatic N) is 1. The topological polar surface area (TPSA) is 14.2 Å². The van der Waals surface area contributed by atoms with E-state index in [2.05, 4.69) is 161 Å². The van der Waals surface area contributed by atoms with E-state index in [4.69, 9.17) is 21.8 Å². The molecule has 0 bridgehead atoms. The van der Waals surface area contributed by atoms with Crippen molar-refractivity contribution in [1.82, 2.24) is 4.57 Å². The first kappa shape index (κ1) is 39.3. The van der Waals surface area contributed by atoms with Crippen molar-refractivity contribution in [2.45, 2.75) is 85.0 Å². The van der Waals surface area contributed by atoms with Crippen LogP contribution < -0.4 is 10.4 Å². The Hall–Kier alpha value is -2.98. The van der Waals surface area contributed by atoms with E-state index in [0.717, 1.165) is 19.6 Å². The van der Waals surface area contributed by atoms with Gasteiger partial charge in [-0.25, -0.2) is 0 Å². The van der Waals surface area contributed by atoms with Crippen LogP contribution in [0.4, 0.5) is 0 Å². The van der Waals surface area contributed by atoms with Gasteiger partial charge in [-0.05, 0) is 63.7 Å². The molecule has 0 radical (unpaired) electrons. The van der Waals surface area contributed by atoms with E-state index >= 15 is 0 Å². The predicted octanol–water partition coefficient (Wildman–Crippen LogP) is 13.3. The maximum absolute atomic E-state index is 6.10. The third-order valence-electron chi connectivity index (χ3n) is 11.4. The molecular formula is C48H51Cl2NOSiZr. The van der Waals surface area contributed by atoms with Gasteiger partial charge in [0.05, 0.1) is 5.60 Å². The van der Waals surface area contributed by atoms with Crippen LogP contribution in [0, 0.1) is 13.8 Å². The number of unbranched alkanes of at least 4 members (excludes halogenated alkanes) is 3. The average molecular weight is 848 g/mol. The zero-order valence-corrected chi connectivity index (χ0v) is 37.5. The van der Waals surface area contributed by atoms with Gasteiger partial charge in [0.15, 0.2) is 0 Å². The Labute approximate surface area is 340 Å². The van der Waals surface area contributed by atoms with E-state index in [1.54, 1.807) is 10.4 Å². The second-order valence-electron chi connectivity index (χ2n) is 16.2. The van der Waals surface area contributed by atoms with E-state index in [1.807, 2.05) is 0 Å². The fraction of sp³-hybridized carbons (Fsp3) is 0.292. The summed E-state index contributed by atoms with van der Waals surface area (Å²) < 4.78 is 8.74. The second kappa shape index (κ2) is 16.6. The van der Waals surface area contributed by atoms with Crippen LogP contribution in [-0.4, -0.2) is 24.8 Å². The normalized spacial score (nSPS) is 13.1. The molecule has 7 aromatic carbocycles. The Bertz CT molecular complexity index is 2500. The molecule has 0 spiro atoms. The molecule has 0 amide bonds. The third kappa shape index (κ3) is 7.59. The van der Waals surface area contributed by atoms with Crippen molar-refractivity contribution in [2.75, 3.05) is 6.61 Å². The summed E-state index contributed by atoms with van der Waals surface area (Å²) in [5.74, 6) is 0. The Morgan fingerprint density at radius 1 is 0.667 bits per heavy atom. The van der Waals surface area contributed by atoms with Gasteiger partial charge in [0.1, 0.15) is 0 Å². The number of hydrogen-bond acceptors (Lipinski definition) is 1. The molecule has 276 valence electrons. The molecule has 0 saturated heterocycles. The molecule has 0 aliphatic rings. The molecule has 1 unspecified atom stereocenters. The molecule has 0 N–H and O–H groups in total. The molecule has 1 aromatic heterocycles. The van der Waals surface area contributed by atoms with Crippen LogP contribution in [-0.2, 0) is 32.1 Å². The van der Waals surface area contributed by atoms with Crippen molar-refractivity contribution in [1.29, 1.82) is 0 Å². The molecule has 0 fully saturated rings. The summed E-state index contributed by atoms with van der Waals surface area (Å²) in [5, 5.41) is 14.7. The van der Waals surface area contributed by atoms with Crippen LogP contribution in [0.2, 0.25) is 12.6 Å². The van der Waals surface area contributed by atoms with E-state index in [1.165, 1.54) is 96.1 Å². The van der Waals surface area contributed by atoms with Crippen molar-refractivity contribution >= 4 is 89.6 Å². The summed E-state index contributed by atoms with van der Waals surface area (Å²) in [6.45, 7) is 15.4. The molecular weight excluding hydrogens is 797 g/mol. The Morgan fingerprint density at radius 2 is 1.22 bits per heavy atom. The van der Waals surface area contributed by atoms with Crippen molar-refractivity contribution in [3.05, 3.63) is 132 Å². The van der Waals surface area contributed by atoms with Gasteiger partial charge >= 0.3 is 37.9 Å². The Morgan fingerprint density at radius 3 is 1.85 bits per heavy atom. The van der Waals surface area contributed by atoms with Crippen molar-refractivity contribution < 1.29 is 25.6 Å². The zero-order valence-electron chi connectivity index (χ0n) is 32.5. The molecule has 54 heavy (non-hydrogen) atoms. The van der Waals surface area contributed by atoms with Crippen LogP contribution >= 0.6 is 17.0 Å². The minimum atomic E-state index is -2.42. The van der Waals surface area contributed by atoms with Crippen molar-refractivity contribution in [3.63, 3.8) is 0 Å². The number of hydrogen-bond donors (Lipinski definition) is 0. The van der Waals surface area contributed by atoms with Gasteiger partial charge in [-0.15, -0.1) is 55.5 Å². The van der Waals surface area contributed by atoms with Gasteiger partial charge in [-0.3, -0.25) is 0 Å². The Kier molecular flexibility index (Phi) is 12.1. The summed E-state index contributed by atoms with van der Waals surface area (Å²) >= 11 is -0.826. The number of benzene rings is 5. The first-order valence-corrected chi connectivity index (χ1v) is 28.4. The van der Waals surface area contributed by atoms with Gasteiger partial charge in [0, 0.05) is 26.7 Å².